The van der Waals surface area contributed by atoms with Crippen LogP contribution < -0.4 is 0 Å². The van der Waals surface area contributed by atoms with Gasteiger partial charge in [0.05, 0.1) is 22.8 Å². The van der Waals surface area contributed by atoms with Crippen LogP contribution in [0.25, 0.3) is 238 Å². The second-order valence-corrected chi connectivity index (χ2v) is 36.3. The average molecular weight is 1810 g/mol. The van der Waals surface area contributed by atoms with Crippen LogP contribution >= 0.6 is 0 Å². The largest absolute Gasteiger partial charge is 0.297 e. The molecule has 0 saturated heterocycles. The van der Waals surface area contributed by atoms with E-state index in [-0.39, 0.29) is 0 Å². The number of nitrogens with zero attached hydrogens (tertiary/aromatic N) is 7. The summed E-state index contributed by atoms with van der Waals surface area (Å²) < 4.78 is 6.90. The van der Waals surface area contributed by atoms with Gasteiger partial charge in [-0.25, -0.2) is 15.0 Å². The minimum Gasteiger partial charge on any atom is -0.297 e. The smallest absolute Gasteiger partial charge is 0.164 e. The first-order valence-corrected chi connectivity index (χ1v) is 48.8. The van der Waals surface area contributed by atoms with Crippen molar-refractivity contribution < 1.29 is 0 Å². The van der Waals surface area contributed by atoms with Crippen molar-refractivity contribution in [2.45, 2.75) is 40.5 Å². The first-order valence-electron chi connectivity index (χ1n) is 48.8. The van der Waals surface area contributed by atoms with Crippen LogP contribution in [-0.2, 0) is 12.8 Å². The number of rotatable bonds is 16. The Balaban J connectivity index is 0.000000115. The molecular weight excluding hydrogens is 1710 g/mol. The summed E-state index contributed by atoms with van der Waals surface area (Å²) in [6.45, 7) is 8.66. The van der Waals surface area contributed by atoms with Crippen molar-refractivity contribution in [1.29, 1.82) is 0 Å². The number of aryl methyl sites for hydroxylation is 2. The molecular formula is C134H97N7. The lowest BCUT2D eigenvalue weighted by Gasteiger charge is -2.19. The van der Waals surface area contributed by atoms with Crippen molar-refractivity contribution in [2.24, 2.45) is 0 Å². The van der Waals surface area contributed by atoms with Gasteiger partial charge in [0.1, 0.15) is 17.3 Å². The Kier molecular flexibility index (Phi) is 22.7. The summed E-state index contributed by atoms with van der Waals surface area (Å²) in [4.78, 5) is 20.2. The molecule has 141 heavy (non-hydrogen) atoms. The summed E-state index contributed by atoms with van der Waals surface area (Å²) in [6, 6.07) is 175. The van der Waals surface area contributed by atoms with Crippen molar-refractivity contribution in [3.63, 3.8) is 0 Å². The first kappa shape index (κ1) is 85.8. The van der Waals surface area contributed by atoms with E-state index in [2.05, 4.69) is 496 Å². The van der Waals surface area contributed by atoms with E-state index < -0.39 is 0 Å². The van der Waals surface area contributed by atoms with Gasteiger partial charge in [-0.05, 0) is 257 Å². The molecule has 7 heteroatoms. The van der Waals surface area contributed by atoms with Crippen LogP contribution in [0.3, 0.4) is 0 Å². The molecule has 22 aromatic carbocycles. The molecule has 0 fully saturated rings. The summed E-state index contributed by atoms with van der Waals surface area (Å²) in [5.41, 5.74) is 30.0. The lowest BCUT2D eigenvalue weighted by molar-refractivity contribution is 0.912. The van der Waals surface area contributed by atoms with Gasteiger partial charge in [0.2, 0.25) is 0 Å². The highest BCUT2D eigenvalue weighted by molar-refractivity contribution is 6.25. The monoisotopic (exact) mass is 1800 g/mol. The van der Waals surface area contributed by atoms with Crippen molar-refractivity contribution in [1.82, 2.24) is 33.6 Å². The van der Waals surface area contributed by atoms with E-state index in [0.29, 0.717) is 0 Å². The van der Waals surface area contributed by atoms with Gasteiger partial charge in [0, 0.05) is 56.9 Å². The molecule has 0 N–H and O–H groups in total. The molecule has 668 valence electrons. The van der Waals surface area contributed by atoms with E-state index in [1.165, 1.54) is 170 Å². The molecule has 0 aliphatic heterocycles. The topological polar surface area (TPSA) is 66.3 Å². The van der Waals surface area contributed by atoms with Crippen LogP contribution in [0.1, 0.15) is 36.6 Å². The molecule has 0 spiro atoms. The maximum atomic E-state index is 5.32. The van der Waals surface area contributed by atoms with Crippen molar-refractivity contribution in [3.05, 3.63) is 514 Å². The number of hydrogen-bond acceptors (Lipinski definition) is 4. The van der Waals surface area contributed by atoms with Crippen molar-refractivity contribution >= 4 is 97.0 Å². The lowest BCUT2D eigenvalue weighted by Crippen LogP contribution is -2.03. The summed E-state index contributed by atoms with van der Waals surface area (Å²) in [5.74, 6) is 2.78. The Labute approximate surface area is 820 Å². The quantitative estimate of drug-likeness (QED) is 0.0904. The van der Waals surface area contributed by atoms with Gasteiger partial charge in [0.15, 0.2) is 5.82 Å². The highest BCUT2D eigenvalue weighted by Gasteiger charge is 2.28. The van der Waals surface area contributed by atoms with Gasteiger partial charge in [-0.2, -0.15) is 0 Å². The average Bonchev–Trinajstić information content (AvgIpc) is 1.55. The third-order valence-electron chi connectivity index (χ3n) is 28.2. The Morgan fingerprint density at radius 3 is 0.823 bits per heavy atom. The molecule has 26 rings (SSSR count). The molecule has 0 radical (unpaired) electrons. The predicted octanol–water partition coefficient (Wildman–Crippen LogP) is 35.5. The summed E-state index contributed by atoms with van der Waals surface area (Å²) in [7, 11) is 0. The molecule has 0 amide bonds. The molecule has 0 aliphatic carbocycles. The van der Waals surface area contributed by atoms with Crippen LogP contribution in [0, 0.1) is 13.8 Å². The predicted molar refractivity (Wildman–Crippen MR) is 594 cm³/mol. The SMILES string of the molecule is CCc1nc(-c2ccccc2)n(-c2ccc(-c3c4ccccc4c(-c4ccc5ccccc5c4)c4ccccc34)cc2)c1CC.Cc1nc(-c2ccccc2)n(-c2ccc(-c3c4ccccc4c(-c4ccc5ccccc5c4)c4ccccc34)cc2)c1C.c1ccc(-c2nc(-c3ccccn3)n(-c3ccc(-c4c5ccccc5c(-c5ccc6ccccc6c5)c5ccccc45)cc3)c2-c2ccccc2)cc1. The standard InChI is InChI=1S/C50H33N3.C43H34N2.C41H30N2/c1-3-16-36(17-4-1)48-49(37-18-5-2-6-19-37)53(50(52-48)45-25-13-14-32-51-45)40-30-28-35(29-31-40)46-41-21-9-11-23-43(41)47(44-24-12-10-22-42(44)46)39-27-26-34-15-7-8-20-38(34)33-39;1-3-39-40(4-2)45(43(44-39)31-15-6-5-7-16-31)34-26-24-30(25-27-34)41-35-18-10-12-20-37(35)42(38-21-13-11-19-36(38)41)33-23-22-29-14-8-9-17-32(29)28-33;1-27-28(2)43(41(42-27)31-13-4-3-5-14-31)34-24-22-30(23-25-34)39-35-16-8-10-18-37(35)40(38-19-11-9-17-36(38)39)33-21-20-29-12-6-7-15-32(29)26-33/h1-33H;5-28H,3-4H2,1-2H3;3-26H,1-2H3. The second-order valence-electron chi connectivity index (χ2n) is 36.3. The zero-order chi connectivity index (χ0) is 94.4. The zero-order valence-corrected chi connectivity index (χ0v) is 78.8. The summed E-state index contributed by atoms with van der Waals surface area (Å²) in [6.07, 6.45) is 3.67. The fraction of sp³-hybridized carbons (Fsp3) is 0.0448. The molecule has 4 aromatic heterocycles. The molecule has 4 heterocycles. The number of aromatic nitrogens is 7. The zero-order valence-electron chi connectivity index (χ0n) is 78.8. The van der Waals surface area contributed by atoms with Crippen LogP contribution in [0.5, 0.6) is 0 Å². The highest BCUT2D eigenvalue weighted by Crippen LogP contribution is 2.50. The third-order valence-corrected chi connectivity index (χ3v) is 28.2. The van der Waals surface area contributed by atoms with E-state index in [4.69, 9.17) is 19.9 Å². The summed E-state index contributed by atoms with van der Waals surface area (Å²) in [5, 5.41) is 22.6. The second kappa shape index (κ2) is 37.2. The van der Waals surface area contributed by atoms with Crippen LogP contribution in [0.2, 0.25) is 0 Å². The Morgan fingerprint density at radius 2 is 0.489 bits per heavy atom. The van der Waals surface area contributed by atoms with Gasteiger partial charge >= 0.3 is 0 Å². The normalized spacial score (nSPS) is 11.5. The minimum absolute atomic E-state index is 0.798. The summed E-state index contributed by atoms with van der Waals surface area (Å²) >= 11 is 0. The molecule has 0 saturated carbocycles. The number of imidazole rings is 3. The van der Waals surface area contributed by atoms with Crippen molar-refractivity contribution in [2.75, 3.05) is 0 Å². The van der Waals surface area contributed by atoms with Crippen LogP contribution in [0.4, 0.5) is 0 Å². The highest BCUT2D eigenvalue weighted by atomic mass is 15.1. The molecule has 7 nitrogen and oxygen atoms in total. The van der Waals surface area contributed by atoms with Crippen LogP contribution in [0.15, 0.2) is 492 Å². The maximum absolute atomic E-state index is 5.32. The van der Waals surface area contributed by atoms with Gasteiger partial charge in [0.25, 0.3) is 0 Å². The van der Waals surface area contributed by atoms with Crippen LogP contribution in [-0.4, -0.2) is 33.6 Å². The van der Waals surface area contributed by atoms with E-state index >= 15 is 0 Å². The number of benzene rings is 22. The fourth-order valence-corrected chi connectivity index (χ4v) is 21.5. The van der Waals surface area contributed by atoms with Gasteiger partial charge in [-0.1, -0.05) is 432 Å². The molecule has 0 atom stereocenters. The third kappa shape index (κ3) is 15.7. The van der Waals surface area contributed by atoms with E-state index in [0.717, 1.165) is 104 Å². The first-order chi connectivity index (χ1) is 69.7. The van der Waals surface area contributed by atoms with Crippen molar-refractivity contribution in [3.8, 4) is 141 Å². The molecule has 0 aliphatic rings. The lowest BCUT2D eigenvalue weighted by atomic mass is 9.85. The number of fused-ring (bicyclic) bond motifs is 9. The molecule has 26 aromatic rings. The van der Waals surface area contributed by atoms with Gasteiger partial charge in [-0.3, -0.25) is 18.7 Å². The van der Waals surface area contributed by atoms with Gasteiger partial charge in [-0.15, -0.1) is 0 Å². The number of hydrogen-bond donors (Lipinski definition) is 0. The number of pyridine rings is 1. The fourth-order valence-electron chi connectivity index (χ4n) is 21.5. The van der Waals surface area contributed by atoms with Gasteiger partial charge < -0.3 is 0 Å². The Bertz CT molecular complexity index is 9050. The van der Waals surface area contributed by atoms with E-state index in [9.17, 15) is 0 Å². The maximum Gasteiger partial charge on any atom is 0.164 e. The Hall–Kier alpha value is -18.0. The van der Waals surface area contributed by atoms with E-state index in [1.807, 2.05) is 36.5 Å². The minimum atomic E-state index is 0.798. The molecule has 0 bridgehead atoms. The Morgan fingerprint density at radius 1 is 0.206 bits per heavy atom. The van der Waals surface area contributed by atoms with E-state index in [1.54, 1.807) is 0 Å². The molecule has 0 unspecified atom stereocenters.